The summed E-state index contributed by atoms with van der Waals surface area (Å²) in [6.45, 7) is 11.8. The van der Waals surface area contributed by atoms with Gasteiger partial charge in [-0.1, -0.05) is 60.7 Å². The molecule has 0 bridgehead atoms. The van der Waals surface area contributed by atoms with Crippen LogP contribution in [0.3, 0.4) is 0 Å². The molecule has 6 aromatic carbocycles. The van der Waals surface area contributed by atoms with E-state index in [0.29, 0.717) is 83.9 Å². The van der Waals surface area contributed by atoms with Crippen LogP contribution in [0, 0.1) is 23.3 Å². The number of esters is 2. The molecule has 0 fully saturated rings. The van der Waals surface area contributed by atoms with Gasteiger partial charge in [-0.3, -0.25) is 24.0 Å². The summed E-state index contributed by atoms with van der Waals surface area (Å²) < 4.78 is 72.0. The summed E-state index contributed by atoms with van der Waals surface area (Å²) in [5.74, 6) is -6.69. The third-order valence-electron chi connectivity index (χ3n) is 14.2. The van der Waals surface area contributed by atoms with E-state index in [0.717, 1.165) is 46.5 Å². The van der Waals surface area contributed by atoms with Crippen molar-refractivity contribution in [2.75, 3.05) is 18.0 Å². The van der Waals surface area contributed by atoms with Crippen molar-refractivity contribution in [2.45, 2.75) is 131 Å². The van der Waals surface area contributed by atoms with Crippen molar-refractivity contribution < 1.29 is 70.8 Å². The van der Waals surface area contributed by atoms with E-state index >= 15 is 0 Å². The van der Waals surface area contributed by atoms with E-state index in [9.17, 15) is 51.4 Å². The van der Waals surface area contributed by atoms with Crippen LogP contribution in [0.15, 0.2) is 109 Å². The van der Waals surface area contributed by atoms with Gasteiger partial charge < -0.3 is 51.0 Å². The topological polar surface area (TPSA) is 293 Å². The molecule has 2 aliphatic rings. The molecule has 0 spiro atoms. The molecule has 4 heterocycles. The zero-order valence-corrected chi connectivity index (χ0v) is 51.0. The molecule has 476 valence electrons. The van der Waals surface area contributed by atoms with Gasteiger partial charge in [0, 0.05) is 68.3 Å². The SMILES string of the molecule is CC(C)(C)OC(=O)CCCCC(=O)O.CC(C)(C)OC(=O)NCCCC(=O)OCc1cc(F)c(F)cc1-c1ccc2nc(N)nc(C(=O)N3Cc4ccccc4C3)c2c1.Nc1nc(C(=O)N2Cc3ccccc3C2)c2cc(-c3cc(F)c(F)cc3CO)ccc2n1. The number of aromatic nitrogens is 4. The highest BCUT2D eigenvalue weighted by molar-refractivity contribution is 6.07. The van der Waals surface area contributed by atoms with Crippen LogP contribution in [-0.4, -0.2) is 93.5 Å². The zero-order valence-electron chi connectivity index (χ0n) is 51.0. The number of alkyl carbamates (subject to hydrolysis) is 1. The van der Waals surface area contributed by atoms with E-state index in [-0.39, 0.29) is 90.2 Å². The minimum atomic E-state index is -1.10. The second-order valence-electron chi connectivity index (χ2n) is 23.6. The minimum Gasteiger partial charge on any atom is -0.481 e. The smallest absolute Gasteiger partial charge is 0.407 e. The van der Waals surface area contributed by atoms with Crippen molar-refractivity contribution in [3.05, 3.63) is 177 Å². The lowest BCUT2D eigenvalue weighted by atomic mass is 9.97. The molecule has 0 unspecified atom stereocenters. The van der Waals surface area contributed by atoms with Crippen LogP contribution in [0.2, 0.25) is 0 Å². The molecule has 0 saturated heterocycles. The Morgan fingerprint density at radius 1 is 0.538 bits per heavy atom. The first-order chi connectivity index (χ1) is 43.1. The summed E-state index contributed by atoms with van der Waals surface area (Å²) in [6.07, 6.45) is 1.18. The van der Waals surface area contributed by atoms with Crippen molar-refractivity contribution in [1.82, 2.24) is 35.1 Å². The number of nitrogens with one attached hydrogen (secondary N) is 1. The number of unbranched alkanes of at least 4 members (excludes halogenated alkanes) is 1. The average molecular weight is 1250 g/mol. The molecule has 2 aliphatic heterocycles. The molecule has 7 N–H and O–H groups in total. The highest BCUT2D eigenvalue weighted by Crippen LogP contribution is 2.35. The third-order valence-corrected chi connectivity index (χ3v) is 14.2. The summed E-state index contributed by atoms with van der Waals surface area (Å²) in [7, 11) is 0. The van der Waals surface area contributed by atoms with Crippen LogP contribution in [0.4, 0.5) is 34.3 Å². The molecule has 20 nitrogen and oxygen atoms in total. The van der Waals surface area contributed by atoms with Gasteiger partial charge in [0.15, 0.2) is 23.3 Å². The van der Waals surface area contributed by atoms with Crippen LogP contribution in [0.5, 0.6) is 0 Å². The van der Waals surface area contributed by atoms with Crippen molar-refractivity contribution in [1.29, 1.82) is 0 Å². The molecule has 2 aromatic heterocycles. The van der Waals surface area contributed by atoms with Crippen LogP contribution in [0.1, 0.15) is 134 Å². The second kappa shape index (κ2) is 29.0. The number of carboxylic acids is 1. The number of nitrogens with two attached hydrogens (primary N) is 2. The summed E-state index contributed by atoms with van der Waals surface area (Å²) in [5, 5.41) is 21.4. The first kappa shape index (κ1) is 66.8. The Morgan fingerprint density at radius 2 is 0.956 bits per heavy atom. The van der Waals surface area contributed by atoms with Gasteiger partial charge >= 0.3 is 24.0 Å². The zero-order chi connectivity index (χ0) is 65.9. The number of ether oxygens (including phenoxy) is 3. The number of halogens is 4. The number of aliphatic hydroxyl groups is 1. The number of hydrogen-bond acceptors (Lipinski definition) is 16. The third kappa shape index (κ3) is 17.8. The summed E-state index contributed by atoms with van der Waals surface area (Å²) in [5.41, 5.74) is 18.0. The fourth-order valence-electron chi connectivity index (χ4n) is 10.1. The first-order valence-corrected chi connectivity index (χ1v) is 29.1. The van der Waals surface area contributed by atoms with Gasteiger partial charge in [-0.05, 0) is 159 Å². The Morgan fingerprint density at radius 3 is 1.40 bits per heavy atom. The summed E-state index contributed by atoms with van der Waals surface area (Å²) in [4.78, 5) is 92.8. The molecule has 0 aliphatic carbocycles. The number of rotatable bonds is 16. The molecule has 91 heavy (non-hydrogen) atoms. The Kier molecular flexibility index (Phi) is 21.3. The van der Waals surface area contributed by atoms with Crippen molar-refractivity contribution in [2.24, 2.45) is 0 Å². The average Bonchev–Trinajstić information content (AvgIpc) is 1.58. The largest absolute Gasteiger partial charge is 0.481 e. The van der Waals surface area contributed by atoms with E-state index < -0.39 is 59.1 Å². The molecule has 0 radical (unpaired) electrons. The molecule has 8 aromatic rings. The number of amides is 3. The maximum Gasteiger partial charge on any atom is 0.407 e. The highest BCUT2D eigenvalue weighted by Gasteiger charge is 2.30. The monoisotopic (exact) mass is 1250 g/mol. The van der Waals surface area contributed by atoms with Gasteiger partial charge in [0.1, 0.15) is 29.2 Å². The molecule has 10 rings (SSSR count). The molecule has 0 saturated carbocycles. The predicted octanol–water partition coefficient (Wildman–Crippen LogP) is 11.4. The van der Waals surface area contributed by atoms with Crippen LogP contribution >= 0.6 is 0 Å². The lowest BCUT2D eigenvalue weighted by molar-refractivity contribution is -0.155. The van der Waals surface area contributed by atoms with E-state index in [2.05, 4.69) is 25.3 Å². The minimum absolute atomic E-state index is 0.0185. The second-order valence-corrected chi connectivity index (χ2v) is 23.6. The number of carbonyl (C=O) groups is 6. The molecule has 24 heteroatoms. The number of carbonyl (C=O) groups excluding carboxylic acids is 5. The van der Waals surface area contributed by atoms with Gasteiger partial charge in [-0.15, -0.1) is 0 Å². The van der Waals surface area contributed by atoms with Crippen LogP contribution in [0.25, 0.3) is 44.1 Å². The lowest BCUT2D eigenvalue weighted by Crippen LogP contribution is -2.33. The Hall–Kier alpha value is -10.1. The van der Waals surface area contributed by atoms with Crippen LogP contribution in [-0.2, 0) is 68.0 Å². The van der Waals surface area contributed by atoms with E-state index in [4.69, 9.17) is 30.8 Å². The van der Waals surface area contributed by atoms with Gasteiger partial charge in [0.2, 0.25) is 11.9 Å². The van der Waals surface area contributed by atoms with Crippen molar-refractivity contribution in [3.8, 4) is 22.3 Å². The number of aliphatic carboxylic acids is 1. The van der Waals surface area contributed by atoms with Crippen molar-refractivity contribution >= 4 is 69.5 Å². The number of benzene rings is 6. The number of nitrogens with zero attached hydrogens (tertiary/aromatic N) is 6. The molecule has 3 amide bonds. The fraction of sp³-hybridized carbons (Fsp3) is 0.313. The Labute approximate surface area is 521 Å². The first-order valence-electron chi connectivity index (χ1n) is 29.1. The summed E-state index contributed by atoms with van der Waals surface area (Å²) >= 11 is 0. The number of carboxylic acid groups (broad SMARTS) is 1. The Balaban J connectivity index is 0.000000201. The lowest BCUT2D eigenvalue weighted by Gasteiger charge is -2.19. The predicted molar refractivity (Wildman–Crippen MR) is 330 cm³/mol. The van der Waals surface area contributed by atoms with E-state index in [1.165, 1.54) is 0 Å². The van der Waals surface area contributed by atoms with Gasteiger partial charge in [-0.25, -0.2) is 42.3 Å². The number of aliphatic hydroxyl groups excluding tert-OH is 1. The fourth-order valence-corrected chi connectivity index (χ4v) is 10.1. The van der Waals surface area contributed by atoms with E-state index in [1.807, 2.05) is 69.3 Å². The quantitative estimate of drug-likeness (QED) is 0.0260. The molecular weight excluding hydrogens is 1180 g/mol. The van der Waals surface area contributed by atoms with E-state index in [1.54, 1.807) is 67.0 Å². The molecule has 0 atom stereocenters. The van der Waals surface area contributed by atoms with Gasteiger partial charge in [0.05, 0.1) is 17.6 Å². The van der Waals surface area contributed by atoms with Gasteiger partial charge in [-0.2, -0.15) is 0 Å². The van der Waals surface area contributed by atoms with Crippen LogP contribution < -0.4 is 16.8 Å². The highest BCUT2D eigenvalue weighted by atomic mass is 19.2. The standard InChI is InChI=1S/C33H33F2N5O5.C24H18F2N4O2.C10H18O4/c1-33(2,3)45-32(43)37-12-6-9-28(41)44-18-22-14-25(34)26(35)15-23(22)19-10-11-27-24(13-19)29(39-31(36)38-27)30(42)40-16-20-7-4-5-8-21(20)17-40;25-19-8-16(12-31)17(9-20(19)26)13-5-6-21-18(7-13)22(29-24(27)28-21)23(32)30-10-14-3-1-2-4-15(14)11-30;1-10(2,3)14-9(13)7-5-4-6-8(11)12/h4-5,7-8,10-11,13-15H,6,9,12,16-18H2,1-3H3,(H,37,43)(H2,36,38,39);1-9,31H,10-12H2,(H2,27,28,29);4-7H2,1-3H3,(H,11,12). The van der Waals surface area contributed by atoms with Crippen molar-refractivity contribution in [3.63, 3.8) is 0 Å². The number of hydrogen-bond donors (Lipinski definition) is 5. The normalized spacial score (nSPS) is 12.5. The summed E-state index contributed by atoms with van der Waals surface area (Å²) in [6, 6.07) is 29.3. The number of fused-ring (bicyclic) bond motifs is 4. The molecular formula is C67H69F4N9O11. The Bertz CT molecular complexity index is 4030. The number of anilines is 2. The maximum absolute atomic E-state index is 14.5. The van der Waals surface area contributed by atoms with Gasteiger partial charge in [0.25, 0.3) is 11.8 Å². The maximum atomic E-state index is 14.5. The number of nitrogen functional groups attached to an aromatic ring is 2.